The summed E-state index contributed by atoms with van der Waals surface area (Å²) in [6.07, 6.45) is 2.59. The Morgan fingerprint density at radius 2 is 2.22 bits per heavy atom. The summed E-state index contributed by atoms with van der Waals surface area (Å²) >= 11 is 0. The minimum absolute atomic E-state index is 0.198. The first kappa shape index (κ1) is 12.4. The molecule has 3 N–H and O–H groups in total. The van der Waals surface area contributed by atoms with Crippen molar-refractivity contribution in [3.8, 4) is 0 Å². The highest BCUT2D eigenvalue weighted by Gasteiger charge is 2.05. The molecule has 2 amide bonds. The number of aromatic nitrogens is 1. The smallest absolute Gasteiger partial charge is 0.319 e. The molecule has 5 nitrogen and oxygen atoms in total. The first-order chi connectivity index (χ1) is 8.81. The van der Waals surface area contributed by atoms with Gasteiger partial charge in [0.15, 0.2) is 0 Å². The van der Waals surface area contributed by atoms with E-state index in [4.69, 9.17) is 4.74 Å². The molecule has 0 fully saturated rings. The number of ether oxygens (including phenoxy) is 1. The largest absolute Gasteiger partial charge is 0.385 e. The predicted octanol–water partition coefficient (Wildman–Crippen LogP) is 2.33. The van der Waals surface area contributed by atoms with Crippen LogP contribution in [0.2, 0.25) is 0 Å². The van der Waals surface area contributed by atoms with Crippen LogP contribution < -0.4 is 10.6 Å². The van der Waals surface area contributed by atoms with Gasteiger partial charge in [0.2, 0.25) is 0 Å². The summed E-state index contributed by atoms with van der Waals surface area (Å²) in [5.74, 6) is 0. The average Bonchev–Trinajstić information content (AvgIpc) is 2.78. The van der Waals surface area contributed by atoms with E-state index in [0.717, 1.165) is 23.0 Å². The van der Waals surface area contributed by atoms with Crippen molar-refractivity contribution in [1.29, 1.82) is 0 Å². The molecule has 0 spiro atoms. The second kappa shape index (κ2) is 6.07. The predicted molar refractivity (Wildman–Crippen MR) is 71.8 cm³/mol. The maximum Gasteiger partial charge on any atom is 0.319 e. The fraction of sp³-hybridized carbons (Fsp3) is 0.308. The number of H-pyrrole nitrogens is 1. The molecule has 2 rings (SSSR count). The van der Waals surface area contributed by atoms with E-state index in [2.05, 4.69) is 15.6 Å². The third kappa shape index (κ3) is 3.01. The molecule has 0 aliphatic heterocycles. The molecule has 0 atom stereocenters. The molecule has 1 aromatic carbocycles. The van der Waals surface area contributed by atoms with E-state index in [0.29, 0.717) is 13.2 Å². The van der Waals surface area contributed by atoms with Crippen molar-refractivity contribution in [2.45, 2.75) is 6.42 Å². The van der Waals surface area contributed by atoms with Crippen molar-refractivity contribution in [3.63, 3.8) is 0 Å². The number of rotatable bonds is 5. The van der Waals surface area contributed by atoms with E-state index in [1.54, 1.807) is 13.3 Å². The van der Waals surface area contributed by atoms with Crippen molar-refractivity contribution in [1.82, 2.24) is 10.3 Å². The Hall–Kier alpha value is -2.01. The van der Waals surface area contributed by atoms with Gasteiger partial charge in [-0.15, -0.1) is 0 Å². The van der Waals surface area contributed by atoms with Crippen LogP contribution in [0.15, 0.2) is 30.5 Å². The lowest BCUT2D eigenvalue weighted by Gasteiger charge is -2.06. The maximum atomic E-state index is 11.6. The molecule has 5 heteroatoms. The van der Waals surface area contributed by atoms with Gasteiger partial charge in [-0.2, -0.15) is 0 Å². The zero-order valence-corrected chi connectivity index (χ0v) is 10.3. The minimum atomic E-state index is -0.198. The number of fused-ring (bicyclic) bond motifs is 1. The topological polar surface area (TPSA) is 66.2 Å². The Morgan fingerprint density at radius 3 is 3.06 bits per heavy atom. The van der Waals surface area contributed by atoms with E-state index < -0.39 is 0 Å². The van der Waals surface area contributed by atoms with Crippen LogP contribution >= 0.6 is 0 Å². The van der Waals surface area contributed by atoms with Crippen molar-refractivity contribution in [2.75, 3.05) is 25.6 Å². The Morgan fingerprint density at radius 1 is 1.39 bits per heavy atom. The van der Waals surface area contributed by atoms with Crippen molar-refractivity contribution >= 4 is 22.6 Å². The van der Waals surface area contributed by atoms with E-state index in [9.17, 15) is 4.79 Å². The number of aromatic amines is 1. The highest BCUT2D eigenvalue weighted by Crippen LogP contribution is 2.22. The lowest BCUT2D eigenvalue weighted by Crippen LogP contribution is -2.29. The molecular formula is C13H17N3O2. The summed E-state index contributed by atoms with van der Waals surface area (Å²) in [6.45, 7) is 1.25. The number of nitrogens with one attached hydrogen (secondary N) is 3. The lowest BCUT2D eigenvalue weighted by molar-refractivity contribution is 0.194. The van der Waals surface area contributed by atoms with Crippen molar-refractivity contribution in [2.24, 2.45) is 0 Å². The van der Waals surface area contributed by atoms with Crippen LogP contribution in [0.3, 0.4) is 0 Å². The monoisotopic (exact) mass is 247 g/mol. The van der Waals surface area contributed by atoms with Crippen LogP contribution in [0.25, 0.3) is 10.9 Å². The van der Waals surface area contributed by atoms with Gasteiger partial charge in [0.05, 0.1) is 5.69 Å². The van der Waals surface area contributed by atoms with Crippen molar-refractivity contribution < 1.29 is 9.53 Å². The zero-order chi connectivity index (χ0) is 12.8. The summed E-state index contributed by atoms with van der Waals surface area (Å²) in [7, 11) is 1.64. The molecule has 2 aromatic rings. The summed E-state index contributed by atoms with van der Waals surface area (Å²) in [5, 5.41) is 6.60. The number of carbonyl (C=O) groups excluding carboxylic acids is 1. The van der Waals surface area contributed by atoms with Gasteiger partial charge < -0.3 is 20.4 Å². The number of benzene rings is 1. The molecule has 0 radical (unpaired) electrons. The second-order valence-corrected chi connectivity index (χ2v) is 3.98. The van der Waals surface area contributed by atoms with Gasteiger partial charge in [0.25, 0.3) is 0 Å². The second-order valence-electron chi connectivity index (χ2n) is 3.98. The summed E-state index contributed by atoms with van der Waals surface area (Å²) in [5.41, 5.74) is 1.79. The number of anilines is 1. The number of para-hydroxylation sites is 1. The van der Waals surface area contributed by atoms with E-state index in [-0.39, 0.29) is 6.03 Å². The van der Waals surface area contributed by atoms with Crippen LogP contribution in [-0.4, -0.2) is 31.3 Å². The molecule has 0 bridgehead atoms. The normalized spacial score (nSPS) is 10.5. The molecule has 0 saturated heterocycles. The number of urea groups is 1. The van der Waals surface area contributed by atoms with E-state index in [1.165, 1.54) is 0 Å². The Labute approximate surface area is 106 Å². The Kier molecular flexibility index (Phi) is 4.20. The molecule has 18 heavy (non-hydrogen) atoms. The van der Waals surface area contributed by atoms with Gasteiger partial charge in [0, 0.05) is 37.4 Å². The quantitative estimate of drug-likeness (QED) is 0.710. The molecule has 1 heterocycles. The Balaban J connectivity index is 1.91. The van der Waals surface area contributed by atoms with Crippen molar-refractivity contribution in [3.05, 3.63) is 30.5 Å². The zero-order valence-electron chi connectivity index (χ0n) is 10.3. The molecular weight excluding hydrogens is 230 g/mol. The van der Waals surface area contributed by atoms with Gasteiger partial charge in [-0.25, -0.2) is 4.79 Å². The van der Waals surface area contributed by atoms with Crippen LogP contribution in [0, 0.1) is 0 Å². The van der Waals surface area contributed by atoms with Crippen LogP contribution in [-0.2, 0) is 4.74 Å². The lowest BCUT2D eigenvalue weighted by atomic mass is 10.2. The molecule has 0 aliphatic rings. The van der Waals surface area contributed by atoms with Gasteiger partial charge in [-0.1, -0.05) is 18.2 Å². The fourth-order valence-electron chi connectivity index (χ4n) is 1.76. The highest BCUT2D eigenvalue weighted by atomic mass is 16.5. The van der Waals surface area contributed by atoms with E-state index in [1.807, 2.05) is 24.3 Å². The summed E-state index contributed by atoms with van der Waals surface area (Å²) < 4.78 is 4.91. The van der Waals surface area contributed by atoms with Gasteiger partial charge in [0.1, 0.15) is 0 Å². The highest BCUT2D eigenvalue weighted by molar-refractivity contribution is 6.00. The Bertz CT molecular complexity index is 522. The first-order valence-electron chi connectivity index (χ1n) is 5.91. The number of hydrogen-bond donors (Lipinski definition) is 3. The summed E-state index contributed by atoms with van der Waals surface area (Å²) in [6, 6.07) is 7.63. The number of amides is 2. The standard InChI is InChI=1S/C13H17N3O2/c1-18-8-4-7-14-13(17)16-12-9-15-11-6-3-2-5-10(11)12/h2-3,5-6,9,15H,4,7-8H2,1H3,(H2,14,16,17). The minimum Gasteiger partial charge on any atom is -0.385 e. The van der Waals surface area contributed by atoms with E-state index >= 15 is 0 Å². The SMILES string of the molecule is COCCCNC(=O)Nc1c[nH]c2ccccc12. The average molecular weight is 247 g/mol. The van der Waals surface area contributed by atoms with Gasteiger partial charge in [-0.3, -0.25) is 0 Å². The van der Waals surface area contributed by atoms with Gasteiger partial charge in [-0.05, 0) is 12.5 Å². The molecule has 96 valence electrons. The maximum absolute atomic E-state index is 11.6. The molecule has 1 aromatic heterocycles. The van der Waals surface area contributed by atoms with Gasteiger partial charge >= 0.3 is 6.03 Å². The number of hydrogen-bond acceptors (Lipinski definition) is 2. The third-order valence-corrected chi connectivity index (χ3v) is 2.65. The summed E-state index contributed by atoms with van der Waals surface area (Å²) in [4.78, 5) is 14.7. The van der Waals surface area contributed by atoms with Crippen LogP contribution in [0.4, 0.5) is 10.5 Å². The van der Waals surface area contributed by atoms with Crippen LogP contribution in [0.5, 0.6) is 0 Å². The number of carbonyl (C=O) groups is 1. The fourth-order valence-corrected chi connectivity index (χ4v) is 1.76. The third-order valence-electron chi connectivity index (χ3n) is 2.65. The first-order valence-corrected chi connectivity index (χ1v) is 5.91. The molecule has 0 aliphatic carbocycles. The van der Waals surface area contributed by atoms with Crippen LogP contribution in [0.1, 0.15) is 6.42 Å². The number of methoxy groups -OCH3 is 1. The molecule has 0 saturated carbocycles. The molecule has 0 unspecified atom stereocenters.